The van der Waals surface area contributed by atoms with E-state index in [1.807, 2.05) is 18.2 Å². The number of nitrogens with one attached hydrogen (secondary N) is 1. The van der Waals surface area contributed by atoms with Gasteiger partial charge in [0.15, 0.2) is 17.0 Å². The van der Waals surface area contributed by atoms with Crippen LogP contribution < -0.4 is 15.5 Å². The van der Waals surface area contributed by atoms with Gasteiger partial charge in [-0.2, -0.15) is 0 Å². The maximum absolute atomic E-state index is 14.1. The molecule has 3 nitrogen and oxygen atoms in total. The predicted molar refractivity (Wildman–Crippen MR) is 79.8 cm³/mol. The van der Waals surface area contributed by atoms with Crippen molar-refractivity contribution in [3.05, 3.63) is 52.4 Å². The largest absolute Gasteiger partial charge is 0.490 e. The Hall–Kier alpha value is -2.20. The third-order valence-corrected chi connectivity index (χ3v) is 4.05. The van der Waals surface area contributed by atoms with E-state index >= 15 is 0 Å². The summed E-state index contributed by atoms with van der Waals surface area (Å²) >= 11 is 0. The van der Waals surface area contributed by atoms with Crippen LogP contribution in [0.5, 0.6) is 5.75 Å². The Kier molecular flexibility index (Phi) is 2.79. The summed E-state index contributed by atoms with van der Waals surface area (Å²) in [6.07, 6.45) is 0. The molecule has 0 spiro atoms. The molecule has 0 aromatic heterocycles. The van der Waals surface area contributed by atoms with Crippen molar-refractivity contribution < 1.29 is 9.13 Å². The molecule has 3 aromatic carbocycles. The van der Waals surface area contributed by atoms with E-state index in [-0.39, 0.29) is 17.0 Å². The van der Waals surface area contributed by atoms with E-state index in [1.165, 1.54) is 6.07 Å². The molecule has 21 heavy (non-hydrogen) atoms. The lowest BCUT2D eigenvalue weighted by Gasteiger charge is -2.26. The average molecular weight is 283 g/mol. The molecule has 1 heterocycles. The van der Waals surface area contributed by atoms with E-state index in [1.54, 1.807) is 12.1 Å². The highest BCUT2D eigenvalue weighted by Gasteiger charge is 2.18. The Labute approximate surface area is 121 Å². The number of ether oxygens (including phenoxy) is 1. The van der Waals surface area contributed by atoms with Crippen molar-refractivity contribution in [2.75, 3.05) is 19.7 Å². The van der Waals surface area contributed by atoms with Crippen LogP contribution in [0.4, 0.5) is 4.39 Å². The molecule has 1 fully saturated rings. The second-order valence-electron chi connectivity index (χ2n) is 5.57. The number of rotatable bonds is 4. The van der Waals surface area contributed by atoms with Gasteiger partial charge in [0.1, 0.15) is 0 Å². The van der Waals surface area contributed by atoms with Gasteiger partial charge in [-0.05, 0) is 35.4 Å². The zero-order valence-corrected chi connectivity index (χ0v) is 11.4. The summed E-state index contributed by atoms with van der Waals surface area (Å²) in [5.74, 6) is 0.392. The lowest BCUT2D eigenvalue weighted by atomic mass is 10.0. The van der Waals surface area contributed by atoms with Gasteiger partial charge in [0.2, 0.25) is 0 Å². The SMILES string of the molecule is O=c1c2ccc(-c3ccc(OCC4CNC4)c(F)c3)cc12. The number of benzene rings is 2. The van der Waals surface area contributed by atoms with Gasteiger partial charge in [-0.25, -0.2) is 4.39 Å². The molecular weight excluding hydrogens is 269 g/mol. The summed E-state index contributed by atoms with van der Waals surface area (Å²) in [6.45, 7) is 2.41. The number of hydrogen-bond acceptors (Lipinski definition) is 3. The normalized spacial score (nSPS) is 15.5. The molecule has 0 radical (unpaired) electrons. The first-order chi connectivity index (χ1) is 10.2. The van der Waals surface area contributed by atoms with Crippen molar-refractivity contribution in [2.45, 2.75) is 0 Å². The topological polar surface area (TPSA) is 38.3 Å². The van der Waals surface area contributed by atoms with Crippen LogP contribution in [0.3, 0.4) is 0 Å². The maximum atomic E-state index is 14.1. The van der Waals surface area contributed by atoms with Gasteiger partial charge in [-0.1, -0.05) is 12.1 Å². The Morgan fingerprint density at radius 1 is 1.10 bits per heavy atom. The maximum Gasteiger partial charge on any atom is 0.194 e. The van der Waals surface area contributed by atoms with Gasteiger partial charge >= 0.3 is 0 Å². The molecule has 0 unspecified atom stereocenters. The standard InChI is InChI=1S/C17H14FNO2/c18-15-6-12(11-1-3-13-14(5-11)17(13)20)2-4-16(15)21-9-10-7-19-8-10/h1-6,10,19H,7-9H2. The van der Waals surface area contributed by atoms with E-state index < -0.39 is 0 Å². The first-order valence-corrected chi connectivity index (χ1v) is 7.04. The van der Waals surface area contributed by atoms with Crippen LogP contribution in [-0.4, -0.2) is 19.7 Å². The Bertz CT molecular complexity index is 829. The van der Waals surface area contributed by atoms with Gasteiger partial charge in [0.05, 0.1) is 6.61 Å². The monoisotopic (exact) mass is 283 g/mol. The van der Waals surface area contributed by atoms with Crippen molar-refractivity contribution in [1.29, 1.82) is 0 Å². The summed E-state index contributed by atoms with van der Waals surface area (Å²) in [5, 5.41) is 4.67. The van der Waals surface area contributed by atoms with Gasteiger partial charge < -0.3 is 10.1 Å². The van der Waals surface area contributed by atoms with Crippen LogP contribution in [0.25, 0.3) is 21.9 Å². The minimum absolute atomic E-state index is 0.0933. The molecule has 4 heteroatoms. The first kappa shape index (κ1) is 12.5. The molecule has 0 aliphatic carbocycles. The molecule has 0 atom stereocenters. The molecule has 0 saturated carbocycles. The van der Waals surface area contributed by atoms with Gasteiger partial charge in [0.25, 0.3) is 0 Å². The van der Waals surface area contributed by atoms with Crippen molar-refractivity contribution >= 4 is 10.8 Å². The van der Waals surface area contributed by atoms with E-state index in [0.717, 1.165) is 35.0 Å². The molecule has 1 aliphatic heterocycles. The smallest absolute Gasteiger partial charge is 0.194 e. The molecule has 106 valence electrons. The van der Waals surface area contributed by atoms with Crippen molar-refractivity contribution in [2.24, 2.45) is 5.92 Å². The van der Waals surface area contributed by atoms with Crippen molar-refractivity contribution in [1.82, 2.24) is 5.32 Å². The quantitative estimate of drug-likeness (QED) is 0.799. The Morgan fingerprint density at radius 2 is 1.86 bits per heavy atom. The van der Waals surface area contributed by atoms with Crippen molar-refractivity contribution in [3.8, 4) is 16.9 Å². The summed E-state index contributed by atoms with van der Waals surface area (Å²) in [5.41, 5.74) is 1.71. The number of hydrogen-bond donors (Lipinski definition) is 1. The summed E-state index contributed by atoms with van der Waals surface area (Å²) in [4.78, 5) is 11.3. The lowest BCUT2D eigenvalue weighted by Crippen LogP contribution is -2.45. The van der Waals surface area contributed by atoms with Crippen molar-refractivity contribution in [3.63, 3.8) is 0 Å². The van der Waals surface area contributed by atoms with Crippen LogP contribution in [0, 0.1) is 11.7 Å². The average Bonchev–Trinajstić information content (AvgIpc) is 3.09. The highest BCUT2D eigenvalue weighted by molar-refractivity contribution is 5.99. The minimum Gasteiger partial charge on any atom is -0.490 e. The number of halogens is 1. The third kappa shape index (κ3) is 2.21. The zero-order chi connectivity index (χ0) is 14.4. The molecule has 4 rings (SSSR count). The van der Waals surface area contributed by atoms with Crippen LogP contribution in [0.15, 0.2) is 41.2 Å². The van der Waals surface area contributed by atoms with E-state index in [9.17, 15) is 9.18 Å². The molecular formula is C17H14FNO2. The molecule has 0 bridgehead atoms. The first-order valence-electron chi connectivity index (χ1n) is 7.04. The predicted octanol–water partition coefficient (Wildman–Crippen LogP) is 2.48. The fraction of sp³-hybridized carbons (Fsp3) is 0.235. The molecule has 1 N–H and O–H groups in total. The summed E-state index contributed by atoms with van der Waals surface area (Å²) in [7, 11) is 0. The van der Waals surface area contributed by atoms with Crippen LogP contribution in [0.2, 0.25) is 0 Å². The highest BCUT2D eigenvalue weighted by Crippen LogP contribution is 2.29. The third-order valence-electron chi connectivity index (χ3n) is 4.05. The molecule has 1 aliphatic rings. The van der Waals surface area contributed by atoms with Gasteiger partial charge in [0, 0.05) is 29.8 Å². The van der Waals surface area contributed by atoms with Crippen LogP contribution >= 0.6 is 0 Å². The second-order valence-corrected chi connectivity index (χ2v) is 5.57. The van der Waals surface area contributed by atoms with E-state index in [2.05, 4.69) is 5.32 Å². The highest BCUT2D eigenvalue weighted by atomic mass is 19.1. The number of fused-ring (bicyclic) bond motifs is 1. The van der Waals surface area contributed by atoms with Gasteiger partial charge in [-0.15, -0.1) is 0 Å². The summed E-state index contributed by atoms with van der Waals surface area (Å²) in [6, 6.07) is 10.4. The minimum atomic E-state index is -0.365. The fourth-order valence-corrected chi connectivity index (χ4v) is 2.53. The van der Waals surface area contributed by atoms with Gasteiger partial charge in [-0.3, -0.25) is 4.79 Å². The molecule has 1 saturated heterocycles. The second kappa shape index (κ2) is 4.67. The van der Waals surface area contributed by atoms with Crippen LogP contribution in [-0.2, 0) is 0 Å². The lowest BCUT2D eigenvalue weighted by molar-refractivity contribution is 0.193. The fourth-order valence-electron chi connectivity index (χ4n) is 2.53. The van der Waals surface area contributed by atoms with E-state index in [0.29, 0.717) is 12.5 Å². The van der Waals surface area contributed by atoms with E-state index in [4.69, 9.17) is 4.74 Å². The molecule has 0 amide bonds. The zero-order valence-electron chi connectivity index (χ0n) is 11.4. The Balaban J connectivity index is 1.56. The Morgan fingerprint density at radius 3 is 2.52 bits per heavy atom. The summed E-state index contributed by atoms with van der Waals surface area (Å²) < 4.78 is 19.6. The molecule has 3 aromatic rings. The van der Waals surface area contributed by atoms with Crippen LogP contribution in [0.1, 0.15) is 0 Å².